The summed E-state index contributed by atoms with van der Waals surface area (Å²) in [5.41, 5.74) is 0.0741. The molecule has 1 rings (SSSR count). The van der Waals surface area contributed by atoms with Gasteiger partial charge in [0.2, 0.25) is 0 Å². The minimum Gasteiger partial charge on any atom is -0.465 e. The average Bonchev–Trinajstić information content (AvgIpc) is 2.69. The monoisotopic (exact) mass is 396 g/mol. The first-order valence-corrected chi connectivity index (χ1v) is 7.60. The number of aryl methyl sites for hydroxylation is 1. The molecule has 0 spiro atoms. The van der Waals surface area contributed by atoms with E-state index in [1.54, 1.807) is 29.4 Å². The van der Waals surface area contributed by atoms with Gasteiger partial charge in [-0.25, -0.2) is 4.79 Å². The molecule has 1 aromatic rings. The lowest BCUT2D eigenvalue weighted by molar-refractivity contribution is 0.193. The highest BCUT2D eigenvalue weighted by atomic mass is 127. The summed E-state index contributed by atoms with van der Waals surface area (Å²) < 4.78 is 1.92. The van der Waals surface area contributed by atoms with Crippen molar-refractivity contribution in [2.24, 2.45) is 13.0 Å². The number of carboxylic acid groups (broad SMARTS) is 1. The summed E-state index contributed by atoms with van der Waals surface area (Å²) in [7, 11) is 1.74. The Hall–Kier alpha value is -1.01. The Morgan fingerprint density at radius 2 is 2.32 bits per heavy atom. The molecule has 0 aliphatic heterocycles. The van der Waals surface area contributed by atoms with Crippen LogP contribution in [0.3, 0.4) is 0 Å². The molecule has 2 N–H and O–H groups in total. The SMILES string of the molecule is CC#CC(CNC(=O)O)C(C)I.Cn1sccc1=O. The molecule has 2 unspecified atom stereocenters. The van der Waals surface area contributed by atoms with Gasteiger partial charge in [-0.3, -0.25) is 8.75 Å². The Balaban J connectivity index is 0.000000388. The number of halogens is 1. The molecular weight excluding hydrogens is 379 g/mol. The largest absolute Gasteiger partial charge is 0.465 e. The van der Waals surface area contributed by atoms with Crippen LogP contribution in [0, 0.1) is 17.8 Å². The molecule has 0 aliphatic carbocycles. The third-order valence-electron chi connectivity index (χ3n) is 2.10. The maximum Gasteiger partial charge on any atom is 0.404 e. The Morgan fingerprint density at radius 3 is 2.58 bits per heavy atom. The number of alkyl halides is 1. The zero-order valence-electron chi connectivity index (χ0n) is 11.0. The van der Waals surface area contributed by atoms with Crippen LogP contribution in [0.5, 0.6) is 0 Å². The summed E-state index contributed by atoms with van der Waals surface area (Å²) in [5.74, 6) is 5.84. The van der Waals surface area contributed by atoms with Crippen LogP contribution >= 0.6 is 34.1 Å². The summed E-state index contributed by atoms with van der Waals surface area (Å²) in [6.07, 6.45) is -0.991. The van der Waals surface area contributed by atoms with Crippen LogP contribution in [0.4, 0.5) is 4.79 Å². The van der Waals surface area contributed by atoms with Crippen LogP contribution in [0.25, 0.3) is 0 Å². The van der Waals surface area contributed by atoms with Crippen molar-refractivity contribution in [2.45, 2.75) is 17.8 Å². The molecular formula is C12H17IN2O3S. The highest BCUT2D eigenvalue weighted by Gasteiger charge is 2.11. The van der Waals surface area contributed by atoms with Crippen molar-refractivity contribution in [3.63, 3.8) is 0 Å². The highest BCUT2D eigenvalue weighted by Crippen LogP contribution is 2.10. The van der Waals surface area contributed by atoms with Gasteiger partial charge in [-0.2, -0.15) is 0 Å². The smallest absolute Gasteiger partial charge is 0.404 e. The first-order chi connectivity index (χ1) is 8.88. The lowest BCUT2D eigenvalue weighted by atomic mass is 10.1. The number of nitrogens with one attached hydrogen (secondary N) is 1. The van der Waals surface area contributed by atoms with Crippen LogP contribution in [-0.4, -0.2) is 25.6 Å². The van der Waals surface area contributed by atoms with Crippen molar-refractivity contribution in [1.82, 2.24) is 9.27 Å². The van der Waals surface area contributed by atoms with Crippen molar-refractivity contribution in [3.05, 3.63) is 21.8 Å². The number of hydrogen-bond donors (Lipinski definition) is 2. The molecule has 0 fully saturated rings. The first kappa shape index (κ1) is 18.0. The Kier molecular flexibility index (Phi) is 9.34. The van der Waals surface area contributed by atoms with E-state index in [1.165, 1.54) is 11.5 Å². The maximum absolute atomic E-state index is 10.4. The lowest BCUT2D eigenvalue weighted by Crippen LogP contribution is -2.30. The number of rotatable bonds is 3. The topological polar surface area (TPSA) is 71.3 Å². The molecule has 5 nitrogen and oxygen atoms in total. The second kappa shape index (κ2) is 9.86. The lowest BCUT2D eigenvalue weighted by Gasteiger charge is -2.12. The molecule has 1 heterocycles. The zero-order chi connectivity index (χ0) is 14.8. The summed E-state index contributed by atoms with van der Waals surface area (Å²) >= 11 is 3.65. The number of carbonyl (C=O) groups is 1. The van der Waals surface area contributed by atoms with Gasteiger partial charge in [0.25, 0.3) is 5.56 Å². The Bertz CT molecular complexity index is 499. The quantitative estimate of drug-likeness (QED) is 0.468. The van der Waals surface area contributed by atoms with Gasteiger partial charge in [-0.15, -0.1) is 5.92 Å². The van der Waals surface area contributed by atoms with E-state index < -0.39 is 6.09 Å². The summed E-state index contributed by atoms with van der Waals surface area (Å²) in [6, 6.07) is 1.55. The minimum absolute atomic E-state index is 0.0741. The van der Waals surface area contributed by atoms with E-state index in [9.17, 15) is 9.59 Å². The van der Waals surface area contributed by atoms with Crippen molar-refractivity contribution in [2.75, 3.05) is 6.54 Å². The maximum atomic E-state index is 10.4. The molecule has 0 radical (unpaired) electrons. The molecule has 1 aromatic heterocycles. The van der Waals surface area contributed by atoms with E-state index in [0.29, 0.717) is 10.5 Å². The van der Waals surface area contributed by atoms with Gasteiger partial charge in [0, 0.05) is 34.9 Å². The fraction of sp³-hybridized carbons (Fsp3) is 0.500. The molecule has 0 saturated heterocycles. The fourth-order valence-corrected chi connectivity index (χ4v) is 2.01. The van der Waals surface area contributed by atoms with Crippen LogP contribution in [0.2, 0.25) is 0 Å². The molecule has 0 aromatic carbocycles. The van der Waals surface area contributed by atoms with Gasteiger partial charge < -0.3 is 10.4 Å². The number of amides is 1. The van der Waals surface area contributed by atoms with E-state index in [4.69, 9.17) is 5.11 Å². The van der Waals surface area contributed by atoms with Gasteiger partial charge in [0.1, 0.15) is 0 Å². The summed E-state index contributed by atoms with van der Waals surface area (Å²) in [5, 5.41) is 12.4. The van der Waals surface area contributed by atoms with E-state index in [1.807, 2.05) is 6.92 Å². The number of aromatic nitrogens is 1. The van der Waals surface area contributed by atoms with Gasteiger partial charge >= 0.3 is 6.09 Å². The molecule has 106 valence electrons. The normalized spacial score (nSPS) is 12.2. The standard InChI is InChI=1S/C8H12INO2.C4H5NOS/c1-3-4-7(6(2)9)5-10-8(11)12;1-5-4(6)2-3-7-5/h6-7,10H,5H2,1-2H3,(H,11,12);2-3H,1H3. The van der Waals surface area contributed by atoms with Crippen molar-refractivity contribution < 1.29 is 9.90 Å². The number of nitrogens with zero attached hydrogens (tertiary/aromatic N) is 1. The molecule has 0 aliphatic rings. The summed E-state index contributed by atoms with van der Waals surface area (Å²) in [6.45, 7) is 4.17. The molecule has 7 heteroatoms. The molecule has 1 amide bonds. The van der Waals surface area contributed by atoms with Gasteiger partial charge in [-0.1, -0.05) is 47.0 Å². The van der Waals surface area contributed by atoms with E-state index >= 15 is 0 Å². The molecule has 19 heavy (non-hydrogen) atoms. The van der Waals surface area contributed by atoms with Gasteiger partial charge in [0.15, 0.2) is 0 Å². The minimum atomic E-state index is -0.991. The molecule has 2 atom stereocenters. The molecule has 0 bridgehead atoms. The average molecular weight is 396 g/mol. The first-order valence-electron chi connectivity index (χ1n) is 5.52. The number of hydrogen-bond acceptors (Lipinski definition) is 3. The van der Waals surface area contributed by atoms with Crippen LogP contribution in [-0.2, 0) is 7.05 Å². The van der Waals surface area contributed by atoms with Crippen LogP contribution < -0.4 is 10.9 Å². The third-order valence-corrected chi connectivity index (χ3v) is 3.72. The van der Waals surface area contributed by atoms with E-state index in [2.05, 4.69) is 39.7 Å². The van der Waals surface area contributed by atoms with Crippen molar-refractivity contribution in [1.29, 1.82) is 0 Å². The van der Waals surface area contributed by atoms with Gasteiger partial charge in [0.05, 0.1) is 0 Å². The van der Waals surface area contributed by atoms with Gasteiger partial charge in [-0.05, 0) is 6.92 Å². The summed E-state index contributed by atoms with van der Waals surface area (Å²) in [4.78, 5) is 20.6. The second-order valence-electron chi connectivity index (χ2n) is 3.61. The fourth-order valence-electron chi connectivity index (χ4n) is 1.05. The van der Waals surface area contributed by atoms with Crippen molar-refractivity contribution >= 4 is 40.2 Å². The van der Waals surface area contributed by atoms with E-state index in [-0.39, 0.29) is 11.5 Å². The Morgan fingerprint density at radius 1 is 1.68 bits per heavy atom. The molecule has 0 saturated carbocycles. The predicted octanol–water partition coefficient (Wildman–Crippen LogP) is 2.16. The second-order valence-corrected chi connectivity index (χ2v) is 6.60. The van der Waals surface area contributed by atoms with Crippen LogP contribution in [0.15, 0.2) is 16.2 Å². The Labute approximate surface area is 130 Å². The zero-order valence-corrected chi connectivity index (χ0v) is 14.0. The van der Waals surface area contributed by atoms with Crippen molar-refractivity contribution in [3.8, 4) is 11.8 Å². The predicted molar refractivity (Wildman–Crippen MR) is 86.0 cm³/mol. The highest BCUT2D eigenvalue weighted by molar-refractivity contribution is 14.1. The van der Waals surface area contributed by atoms with E-state index in [0.717, 1.165) is 0 Å². The van der Waals surface area contributed by atoms with Crippen LogP contribution in [0.1, 0.15) is 13.8 Å². The third kappa shape index (κ3) is 8.67.